The van der Waals surface area contributed by atoms with Crippen molar-refractivity contribution in [1.82, 2.24) is 15.1 Å². The summed E-state index contributed by atoms with van der Waals surface area (Å²) >= 11 is 0. The van der Waals surface area contributed by atoms with Gasteiger partial charge in [0, 0.05) is 41.2 Å². The second-order valence-corrected chi connectivity index (χ2v) is 4.98. The normalized spacial score (nSPS) is 11.1. The van der Waals surface area contributed by atoms with Crippen LogP contribution in [0.4, 0.5) is 0 Å². The maximum Gasteiger partial charge on any atom is 0.223 e. The van der Waals surface area contributed by atoms with E-state index in [1.807, 2.05) is 49.3 Å². The largest absolute Gasteiger partial charge is 0.356 e. The fourth-order valence-electron chi connectivity index (χ4n) is 1.61. The summed E-state index contributed by atoms with van der Waals surface area (Å²) < 4.78 is 0. The molecule has 110 valence electrons. The van der Waals surface area contributed by atoms with Crippen molar-refractivity contribution in [2.75, 3.05) is 34.7 Å². The minimum Gasteiger partial charge on any atom is -0.356 e. The molecule has 0 radical (unpaired) electrons. The van der Waals surface area contributed by atoms with E-state index in [0.717, 1.165) is 11.5 Å². The minimum atomic E-state index is 0.110. The monoisotopic (exact) mass is 276 g/mol. The molecule has 1 aromatic rings. The zero-order valence-corrected chi connectivity index (χ0v) is 12.8. The molecular formula is C15H24N4O. The van der Waals surface area contributed by atoms with E-state index in [1.165, 1.54) is 0 Å². The summed E-state index contributed by atoms with van der Waals surface area (Å²) in [6, 6.07) is 10.1. The topological polar surface area (TPSA) is 47.9 Å². The molecular weight excluding hydrogens is 252 g/mol. The highest BCUT2D eigenvalue weighted by Crippen LogP contribution is 2.00. The predicted octanol–water partition coefficient (Wildman–Crippen LogP) is 1.17. The first kappa shape index (κ1) is 16.0. The lowest BCUT2D eigenvalue weighted by Gasteiger charge is -2.18. The Hall–Kier alpha value is -2.04. The van der Waals surface area contributed by atoms with Crippen molar-refractivity contribution in [3.8, 4) is 0 Å². The van der Waals surface area contributed by atoms with Crippen LogP contribution in [0, 0.1) is 0 Å². The Balaban J connectivity index is 2.50. The number of guanidine groups is 1. The summed E-state index contributed by atoms with van der Waals surface area (Å²) in [6.45, 7) is 1.21. The fourth-order valence-corrected chi connectivity index (χ4v) is 1.61. The maximum absolute atomic E-state index is 11.5. The van der Waals surface area contributed by atoms with Gasteiger partial charge in [-0.2, -0.15) is 0 Å². The van der Waals surface area contributed by atoms with Gasteiger partial charge in [0.25, 0.3) is 0 Å². The predicted molar refractivity (Wildman–Crippen MR) is 82.6 cm³/mol. The highest BCUT2D eigenvalue weighted by molar-refractivity contribution is 5.81. The number of aliphatic imine (C=N–C) groups is 1. The van der Waals surface area contributed by atoms with Crippen LogP contribution in [0.15, 0.2) is 35.3 Å². The van der Waals surface area contributed by atoms with Crippen molar-refractivity contribution < 1.29 is 4.79 Å². The smallest absolute Gasteiger partial charge is 0.223 e. The van der Waals surface area contributed by atoms with Gasteiger partial charge in [-0.05, 0) is 5.56 Å². The molecule has 0 atom stereocenters. The van der Waals surface area contributed by atoms with E-state index in [9.17, 15) is 4.79 Å². The summed E-state index contributed by atoms with van der Waals surface area (Å²) in [6.07, 6.45) is 0.463. The van der Waals surface area contributed by atoms with Crippen LogP contribution in [0.2, 0.25) is 0 Å². The first-order chi connectivity index (χ1) is 9.50. The third-order valence-electron chi connectivity index (χ3n) is 2.80. The van der Waals surface area contributed by atoms with E-state index in [0.29, 0.717) is 19.5 Å². The molecule has 0 spiro atoms. The van der Waals surface area contributed by atoms with Crippen LogP contribution < -0.4 is 5.32 Å². The summed E-state index contributed by atoms with van der Waals surface area (Å²) in [7, 11) is 7.40. The molecule has 1 rings (SSSR count). The van der Waals surface area contributed by atoms with E-state index >= 15 is 0 Å². The molecule has 0 saturated carbocycles. The Bertz CT molecular complexity index is 440. The number of carbonyl (C=O) groups is 1. The van der Waals surface area contributed by atoms with Crippen LogP contribution in [-0.4, -0.2) is 56.4 Å². The number of amides is 1. The lowest BCUT2D eigenvalue weighted by molar-refractivity contribution is -0.128. The van der Waals surface area contributed by atoms with Crippen LogP contribution in [0.1, 0.15) is 12.0 Å². The van der Waals surface area contributed by atoms with Crippen molar-refractivity contribution >= 4 is 11.9 Å². The van der Waals surface area contributed by atoms with Crippen molar-refractivity contribution in [2.24, 2.45) is 4.99 Å². The summed E-state index contributed by atoms with van der Waals surface area (Å²) in [5.74, 6) is 0.902. The Kier molecular flexibility index (Phi) is 6.56. The number of nitrogens with one attached hydrogen (secondary N) is 1. The number of nitrogens with zero attached hydrogens (tertiary/aromatic N) is 3. The standard InChI is InChI=1S/C15H24N4O/c1-18(2)14(20)10-11-16-15(19(3)4)17-12-13-8-6-5-7-9-13/h5-9H,10-12H2,1-4H3,(H,16,17). The number of rotatable bonds is 5. The first-order valence-electron chi connectivity index (χ1n) is 6.70. The van der Waals surface area contributed by atoms with Gasteiger partial charge in [0.15, 0.2) is 5.96 Å². The van der Waals surface area contributed by atoms with Gasteiger partial charge < -0.3 is 15.1 Å². The molecule has 0 saturated heterocycles. The SMILES string of the molecule is CN(C)C(=O)CCNC(=NCc1ccccc1)N(C)C. The highest BCUT2D eigenvalue weighted by atomic mass is 16.2. The van der Waals surface area contributed by atoms with Gasteiger partial charge in [-0.3, -0.25) is 4.79 Å². The zero-order chi connectivity index (χ0) is 15.0. The molecule has 0 fully saturated rings. The highest BCUT2D eigenvalue weighted by Gasteiger charge is 2.05. The average Bonchev–Trinajstić information content (AvgIpc) is 2.42. The molecule has 5 heteroatoms. The molecule has 20 heavy (non-hydrogen) atoms. The van der Waals surface area contributed by atoms with Gasteiger partial charge in [-0.15, -0.1) is 0 Å². The van der Waals surface area contributed by atoms with Gasteiger partial charge in [0.05, 0.1) is 6.54 Å². The van der Waals surface area contributed by atoms with Crippen molar-refractivity contribution in [1.29, 1.82) is 0 Å². The van der Waals surface area contributed by atoms with E-state index in [4.69, 9.17) is 0 Å². The van der Waals surface area contributed by atoms with Gasteiger partial charge in [0.1, 0.15) is 0 Å². The molecule has 0 bridgehead atoms. The molecule has 1 aromatic carbocycles. The number of hydrogen-bond acceptors (Lipinski definition) is 2. The van der Waals surface area contributed by atoms with Gasteiger partial charge in [0.2, 0.25) is 5.91 Å². The summed E-state index contributed by atoms with van der Waals surface area (Å²) in [5, 5.41) is 3.20. The third kappa shape index (κ3) is 5.73. The van der Waals surface area contributed by atoms with Crippen molar-refractivity contribution in [3.63, 3.8) is 0 Å². The Morgan fingerprint density at radius 1 is 1.10 bits per heavy atom. The van der Waals surface area contributed by atoms with Crippen LogP contribution in [0.5, 0.6) is 0 Å². The zero-order valence-electron chi connectivity index (χ0n) is 12.8. The Morgan fingerprint density at radius 2 is 1.75 bits per heavy atom. The Labute approximate surface area is 121 Å². The molecule has 0 heterocycles. The average molecular weight is 276 g/mol. The van der Waals surface area contributed by atoms with E-state index < -0.39 is 0 Å². The molecule has 0 aliphatic rings. The van der Waals surface area contributed by atoms with Crippen LogP contribution in [-0.2, 0) is 11.3 Å². The van der Waals surface area contributed by atoms with Gasteiger partial charge in [-0.25, -0.2) is 4.99 Å². The van der Waals surface area contributed by atoms with Crippen LogP contribution in [0.25, 0.3) is 0 Å². The van der Waals surface area contributed by atoms with Crippen molar-refractivity contribution in [3.05, 3.63) is 35.9 Å². The lowest BCUT2D eigenvalue weighted by Crippen LogP contribution is -2.38. The number of benzene rings is 1. The second kappa shape index (κ2) is 8.19. The number of carbonyl (C=O) groups excluding carboxylic acids is 1. The third-order valence-corrected chi connectivity index (χ3v) is 2.80. The van der Waals surface area contributed by atoms with Crippen molar-refractivity contribution in [2.45, 2.75) is 13.0 Å². The number of hydrogen-bond donors (Lipinski definition) is 1. The first-order valence-corrected chi connectivity index (χ1v) is 6.70. The van der Waals surface area contributed by atoms with E-state index in [2.05, 4.69) is 10.3 Å². The molecule has 0 unspecified atom stereocenters. The fraction of sp³-hybridized carbons (Fsp3) is 0.467. The lowest BCUT2D eigenvalue weighted by atomic mass is 10.2. The Morgan fingerprint density at radius 3 is 2.30 bits per heavy atom. The second-order valence-electron chi connectivity index (χ2n) is 4.98. The van der Waals surface area contributed by atoms with E-state index in [1.54, 1.807) is 19.0 Å². The van der Waals surface area contributed by atoms with Crippen LogP contribution >= 0.6 is 0 Å². The summed E-state index contributed by atoms with van der Waals surface area (Å²) in [5.41, 5.74) is 1.16. The van der Waals surface area contributed by atoms with Crippen LogP contribution in [0.3, 0.4) is 0 Å². The van der Waals surface area contributed by atoms with Gasteiger partial charge >= 0.3 is 0 Å². The summed E-state index contributed by atoms with van der Waals surface area (Å²) in [4.78, 5) is 19.6. The van der Waals surface area contributed by atoms with E-state index in [-0.39, 0.29) is 5.91 Å². The molecule has 1 amide bonds. The molecule has 0 aliphatic heterocycles. The van der Waals surface area contributed by atoms with Gasteiger partial charge in [-0.1, -0.05) is 30.3 Å². The molecule has 1 N–H and O–H groups in total. The molecule has 5 nitrogen and oxygen atoms in total. The molecule has 0 aromatic heterocycles. The molecule has 0 aliphatic carbocycles. The quantitative estimate of drug-likeness (QED) is 0.649. The minimum absolute atomic E-state index is 0.110. The maximum atomic E-state index is 11.5.